The predicted octanol–water partition coefficient (Wildman–Crippen LogP) is 5.62. The average molecular weight is 323 g/mol. The summed E-state index contributed by atoms with van der Waals surface area (Å²) in [5, 5.41) is 7.28. The average Bonchev–Trinajstić information content (AvgIpc) is 3.10. The van der Waals surface area contributed by atoms with Crippen molar-refractivity contribution in [3.05, 3.63) is 42.0 Å². The van der Waals surface area contributed by atoms with Crippen molar-refractivity contribution in [3.63, 3.8) is 0 Å². The van der Waals surface area contributed by atoms with E-state index in [0.717, 1.165) is 23.6 Å². The number of hydrogen-bond donors (Lipinski definition) is 2. The van der Waals surface area contributed by atoms with Crippen molar-refractivity contribution < 1.29 is 0 Å². The molecule has 2 N–H and O–H groups in total. The van der Waals surface area contributed by atoms with Crippen LogP contribution in [0.4, 0.5) is 11.5 Å². The van der Waals surface area contributed by atoms with E-state index in [1.807, 2.05) is 0 Å². The normalized spacial score (nSPS) is 16.1. The Labute approximate surface area is 145 Å². The molecule has 0 amide bonds. The number of pyridine rings is 1. The lowest BCUT2D eigenvalue weighted by molar-refractivity contribution is 0.744. The van der Waals surface area contributed by atoms with Gasteiger partial charge in [0.1, 0.15) is 5.82 Å². The van der Waals surface area contributed by atoms with Gasteiger partial charge in [0.05, 0.1) is 11.4 Å². The highest BCUT2D eigenvalue weighted by molar-refractivity contribution is 5.71. The fraction of sp³-hybridized carbons (Fsp3) is 0.476. The maximum atomic E-state index is 4.95. The third-order valence-corrected chi connectivity index (χ3v) is 4.95. The zero-order chi connectivity index (χ0) is 16.9. The molecular formula is C21H29N3. The Balaban J connectivity index is 1.89. The van der Waals surface area contributed by atoms with Gasteiger partial charge in [0.2, 0.25) is 0 Å². The number of nitrogens with zero attached hydrogens (tertiary/aromatic N) is 1. The first kappa shape index (κ1) is 16.8. The van der Waals surface area contributed by atoms with Crippen LogP contribution in [0.2, 0.25) is 0 Å². The van der Waals surface area contributed by atoms with Gasteiger partial charge < -0.3 is 10.6 Å². The molecule has 24 heavy (non-hydrogen) atoms. The van der Waals surface area contributed by atoms with Crippen LogP contribution >= 0.6 is 0 Å². The van der Waals surface area contributed by atoms with Crippen molar-refractivity contribution in [1.29, 1.82) is 0 Å². The Kier molecular flexibility index (Phi) is 5.39. The lowest BCUT2D eigenvalue weighted by Gasteiger charge is -2.20. The van der Waals surface area contributed by atoms with Crippen LogP contribution in [0.1, 0.15) is 51.5 Å². The number of rotatable bonds is 6. The molecule has 2 aromatic rings. The molecule has 1 saturated carbocycles. The van der Waals surface area contributed by atoms with E-state index in [9.17, 15) is 0 Å². The standard InChI is InChI=1S/C21H29N3/c1-4-16(3)22-20-14-13-19(17-11-9-15(2)10-12-17)24-21(20)23-18-7-5-6-8-18/h9-14,16,18,22H,4-8H2,1-3H3,(H,23,24). The predicted molar refractivity (Wildman–Crippen MR) is 104 cm³/mol. The second kappa shape index (κ2) is 7.69. The molecule has 3 heteroatoms. The second-order valence-corrected chi connectivity index (χ2v) is 7.04. The van der Waals surface area contributed by atoms with Crippen molar-refractivity contribution in [1.82, 2.24) is 4.98 Å². The molecule has 1 fully saturated rings. The van der Waals surface area contributed by atoms with Crippen LogP contribution in [0.25, 0.3) is 11.3 Å². The van der Waals surface area contributed by atoms with Gasteiger partial charge in [-0.2, -0.15) is 0 Å². The molecule has 0 aliphatic heterocycles. The number of aromatic nitrogens is 1. The van der Waals surface area contributed by atoms with Gasteiger partial charge in [0.15, 0.2) is 0 Å². The second-order valence-electron chi connectivity index (χ2n) is 7.04. The highest BCUT2D eigenvalue weighted by Crippen LogP contribution is 2.29. The van der Waals surface area contributed by atoms with Crippen LogP contribution in [-0.4, -0.2) is 17.1 Å². The van der Waals surface area contributed by atoms with Crippen molar-refractivity contribution in [3.8, 4) is 11.3 Å². The van der Waals surface area contributed by atoms with Crippen LogP contribution in [0, 0.1) is 6.92 Å². The maximum absolute atomic E-state index is 4.95. The van der Waals surface area contributed by atoms with E-state index in [0.29, 0.717) is 12.1 Å². The Morgan fingerprint density at radius 3 is 2.46 bits per heavy atom. The molecule has 1 aliphatic rings. The van der Waals surface area contributed by atoms with Gasteiger partial charge in [-0.1, -0.05) is 49.6 Å². The van der Waals surface area contributed by atoms with Crippen LogP contribution < -0.4 is 10.6 Å². The fourth-order valence-corrected chi connectivity index (χ4v) is 3.20. The van der Waals surface area contributed by atoms with E-state index in [2.05, 4.69) is 67.8 Å². The zero-order valence-electron chi connectivity index (χ0n) is 15.1. The Morgan fingerprint density at radius 1 is 1.08 bits per heavy atom. The summed E-state index contributed by atoms with van der Waals surface area (Å²) in [5.41, 5.74) is 4.60. The molecule has 1 aromatic heterocycles. The first-order valence-corrected chi connectivity index (χ1v) is 9.27. The molecule has 1 aromatic carbocycles. The molecule has 1 unspecified atom stereocenters. The maximum Gasteiger partial charge on any atom is 0.150 e. The summed E-state index contributed by atoms with van der Waals surface area (Å²) in [4.78, 5) is 4.95. The van der Waals surface area contributed by atoms with Crippen molar-refractivity contribution in [2.45, 2.75) is 65.0 Å². The minimum Gasteiger partial charge on any atom is -0.380 e. The topological polar surface area (TPSA) is 37.0 Å². The summed E-state index contributed by atoms with van der Waals surface area (Å²) in [7, 11) is 0. The largest absolute Gasteiger partial charge is 0.380 e. The van der Waals surface area contributed by atoms with Crippen molar-refractivity contribution in [2.75, 3.05) is 10.6 Å². The van der Waals surface area contributed by atoms with Gasteiger partial charge in [-0.3, -0.25) is 0 Å². The van der Waals surface area contributed by atoms with Crippen LogP contribution in [0.3, 0.4) is 0 Å². The smallest absolute Gasteiger partial charge is 0.150 e. The molecule has 3 rings (SSSR count). The van der Waals surface area contributed by atoms with E-state index in [4.69, 9.17) is 4.98 Å². The Morgan fingerprint density at radius 2 is 1.79 bits per heavy atom. The Bertz CT molecular complexity index is 657. The molecule has 0 saturated heterocycles. The summed E-state index contributed by atoms with van der Waals surface area (Å²) in [6.07, 6.45) is 6.24. The van der Waals surface area contributed by atoms with E-state index in [-0.39, 0.29) is 0 Å². The Hall–Kier alpha value is -2.03. The zero-order valence-corrected chi connectivity index (χ0v) is 15.1. The molecule has 1 heterocycles. The molecule has 128 valence electrons. The van der Waals surface area contributed by atoms with Gasteiger partial charge in [-0.15, -0.1) is 0 Å². The number of anilines is 2. The molecule has 3 nitrogen and oxygen atoms in total. The van der Waals surface area contributed by atoms with E-state index in [1.165, 1.54) is 36.8 Å². The summed E-state index contributed by atoms with van der Waals surface area (Å²) >= 11 is 0. The number of benzene rings is 1. The van der Waals surface area contributed by atoms with Gasteiger partial charge in [0.25, 0.3) is 0 Å². The lowest BCUT2D eigenvalue weighted by atomic mass is 10.1. The van der Waals surface area contributed by atoms with Crippen LogP contribution in [0.15, 0.2) is 36.4 Å². The van der Waals surface area contributed by atoms with Crippen molar-refractivity contribution >= 4 is 11.5 Å². The summed E-state index contributed by atoms with van der Waals surface area (Å²) in [5.74, 6) is 1.00. The van der Waals surface area contributed by atoms with Crippen molar-refractivity contribution in [2.24, 2.45) is 0 Å². The van der Waals surface area contributed by atoms with E-state index >= 15 is 0 Å². The number of nitrogens with one attached hydrogen (secondary N) is 2. The van der Waals surface area contributed by atoms with Crippen LogP contribution in [0.5, 0.6) is 0 Å². The summed E-state index contributed by atoms with van der Waals surface area (Å²) < 4.78 is 0. The number of hydrogen-bond acceptors (Lipinski definition) is 3. The first-order chi connectivity index (χ1) is 11.7. The van der Waals surface area contributed by atoms with Crippen LogP contribution in [-0.2, 0) is 0 Å². The van der Waals surface area contributed by atoms with Gasteiger partial charge in [0, 0.05) is 17.6 Å². The van der Waals surface area contributed by atoms with Gasteiger partial charge in [-0.05, 0) is 45.2 Å². The summed E-state index contributed by atoms with van der Waals surface area (Å²) in [6, 6.07) is 13.9. The van der Waals surface area contributed by atoms with E-state index < -0.39 is 0 Å². The molecule has 0 spiro atoms. The summed E-state index contributed by atoms with van der Waals surface area (Å²) in [6.45, 7) is 6.53. The van der Waals surface area contributed by atoms with E-state index in [1.54, 1.807) is 0 Å². The minimum absolute atomic E-state index is 0.446. The van der Waals surface area contributed by atoms with Gasteiger partial charge in [-0.25, -0.2) is 4.98 Å². The highest BCUT2D eigenvalue weighted by Gasteiger charge is 2.18. The first-order valence-electron chi connectivity index (χ1n) is 9.27. The SMILES string of the molecule is CCC(C)Nc1ccc(-c2ccc(C)cc2)nc1NC1CCCC1. The molecule has 1 atom stereocenters. The quantitative estimate of drug-likeness (QED) is 0.724. The molecule has 1 aliphatic carbocycles. The highest BCUT2D eigenvalue weighted by atomic mass is 15.1. The molecular weight excluding hydrogens is 294 g/mol. The monoisotopic (exact) mass is 323 g/mol. The fourth-order valence-electron chi connectivity index (χ4n) is 3.20. The van der Waals surface area contributed by atoms with Gasteiger partial charge >= 0.3 is 0 Å². The molecule has 0 bridgehead atoms. The third-order valence-electron chi connectivity index (χ3n) is 4.95. The molecule has 0 radical (unpaired) electrons. The lowest BCUT2D eigenvalue weighted by Crippen LogP contribution is -2.20. The number of aryl methyl sites for hydroxylation is 1. The third kappa shape index (κ3) is 4.08. The minimum atomic E-state index is 0.446.